The number of halogens is 2. The quantitative estimate of drug-likeness (QED) is 0.684. The van der Waals surface area contributed by atoms with Crippen LogP contribution in [0.5, 0.6) is 5.75 Å². The fourth-order valence-electron chi connectivity index (χ4n) is 1.53. The molecule has 16 heavy (non-hydrogen) atoms. The zero-order valence-corrected chi connectivity index (χ0v) is 8.45. The summed E-state index contributed by atoms with van der Waals surface area (Å²) in [5.41, 5.74) is 0.480. The van der Waals surface area contributed by atoms with Crippen molar-refractivity contribution in [2.75, 3.05) is 5.32 Å². The van der Waals surface area contributed by atoms with Gasteiger partial charge in [-0.15, -0.1) is 0 Å². The molecule has 0 saturated heterocycles. The van der Waals surface area contributed by atoms with Crippen molar-refractivity contribution in [3.63, 3.8) is 0 Å². The molecule has 6 heteroatoms. The Morgan fingerprint density at radius 3 is 2.81 bits per heavy atom. The fourth-order valence-corrected chi connectivity index (χ4v) is 1.53. The number of rotatable bonds is 1. The number of para-hydroxylation sites is 1. The van der Waals surface area contributed by atoms with Gasteiger partial charge in [-0.05, 0) is 13.0 Å². The van der Waals surface area contributed by atoms with Gasteiger partial charge in [0.15, 0.2) is 5.75 Å². The summed E-state index contributed by atoms with van der Waals surface area (Å²) in [4.78, 5) is 0. The van der Waals surface area contributed by atoms with Crippen molar-refractivity contribution in [1.82, 2.24) is 0 Å². The lowest BCUT2D eigenvalue weighted by molar-refractivity contribution is -0.236. The molecular formula is C10H11F2NO3. The van der Waals surface area contributed by atoms with Gasteiger partial charge in [-0.25, -0.2) is 0 Å². The molecule has 0 bridgehead atoms. The first kappa shape index (κ1) is 11.1. The van der Waals surface area contributed by atoms with Gasteiger partial charge >= 0.3 is 6.11 Å². The third kappa shape index (κ3) is 1.70. The van der Waals surface area contributed by atoms with Crippen LogP contribution in [-0.4, -0.2) is 22.5 Å². The van der Waals surface area contributed by atoms with E-state index < -0.39 is 18.4 Å². The van der Waals surface area contributed by atoms with Crippen LogP contribution >= 0.6 is 0 Å². The Morgan fingerprint density at radius 1 is 1.50 bits per heavy atom. The Morgan fingerprint density at radius 2 is 2.19 bits per heavy atom. The number of nitrogens with one attached hydrogen (secondary N) is 1. The van der Waals surface area contributed by atoms with Crippen molar-refractivity contribution in [2.45, 2.75) is 25.4 Å². The van der Waals surface area contributed by atoms with Crippen molar-refractivity contribution in [2.24, 2.45) is 0 Å². The molecule has 4 nitrogen and oxygen atoms in total. The van der Waals surface area contributed by atoms with Crippen molar-refractivity contribution in [3.05, 3.63) is 23.8 Å². The van der Waals surface area contributed by atoms with Crippen LogP contribution in [0.2, 0.25) is 0 Å². The van der Waals surface area contributed by atoms with Gasteiger partial charge in [-0.3, -0.25) is 0 Å². The number of benzene rings is 1. The van der Waals surface area contributed by atoms with E-state index in [1.54, 1.807) is 6.07 Å². The monoisotopic (exact) mass is 231 g/mol. The Hall–Kier alpha value is -1.40. The molecule has 0 spiro atoms. The van der Waals surface area contributed by atoms with Gasteiger partial charge in [-0.2, -0.15) is 8.78 Å². The smallest absolute Gasteiger partial charge is 0.427 e. The highest BCUT2D eigenvalue weighted by atomic mass is 19.3. The second kappa shape index (κ2) is 3.57. The number of anilines is 1. The first-order chi connectivity index (χ1) is 7.42. The Balaban J connectivity index is 2.48. The number of alkyl halides is 2. The summed E-state index contributed by atoms with van der Waals surface area (Å²) in [7, 11) is 0. The van der Waals surface area contributed by atoms with Crippen LogP contribution in [0.15, 0.2) is 18.2 Å². The minimum Gasteiger partial charge on any atom is -0.427 e. The molecule has 0 amide bonds. The van der Waals surface area contributed by atoms with E-state index in [1.165, 1.54) is 19.1 Å². The van der Waals surface area contributed by atoms with Crippen molar-refractivity contribution in [1.29, 1.82) is 0 Å². The highest BCUT2D eigenvalue weighted by Gasteiger charge is 2.46. The molecule has 1 aliphatic rings. The van der Waals surface area contributed by atoms with E-state index >= 15 is 0 Å². The number of hydrogen-bond donors (Lipinski definition) is 3. The molecular weight excluding hydrogens is 220 g/mol. The highest BCUT2D eigenvalue weighted by Crippen LogP contribution is 2.41. The number of fused-ring (bicyclic) bond motifs is 1. The lowest BCUT2D eigenvalue weighted by Crippen LogP contribution is -2.47. The summed E-state index contributed by atoms with van der Waals surface area (Å²) in [6.45, 7) is 1.45. The van der Waals surface area contributed by atoms with Gasteiger partial charge in [0.1, 0.15) is 0 Å². The van der Waals surface area contributed by atoms with Gasteiger partial charge in [0, 0.05) is 5.56 Å². The third-order valence-corrected chi connectivity index (χ3v) is 2.34. The normalized spacial score (nSPS) is 23.9. The van der Waals surface area contributed by atoms with Crippen LogP contribution in [0.4, 0.5) is 14.5 Å². The molecule has 2 unspecified atom stereocenters. The SMILES string of the molecule is CC(O)c1cccc2c1OC(F)(F)C(O)N2. The molecule has 0 fully saturated rings. The molecule has 3 N–H and O–H groups in total. The zero-order chi connectivity index (χ0) is 11.9. The number of aliphatic hydroxyl groups is 2. The van der Waals surface area contributed by atoms with Crippen LogP contribution in [0, 0.1) is 0 Å². The van der Waals surface area contributed by atoms with E-state index in [0.29, 0.717) is 0 Å². The summed E-state index contributed by atoms with van der Waals surface area (Å²) < 4.78 is 30.6. The van der Waals surface area contributed by atoms with Gasteiger partial charge in [0.2, 0.25) is 6.23 Å². The van der Waals surface area contributed by atoms with E-state index in [4.69, 9.17) is 5.11 Å². The molecule has 1 aromatic rings. The van der Waals surface area contributed by atoms with Crippen molar-refractivity contribution < 1.29 is 23.7 Å². The summed E-state index contributed by atoms with van der Waals surface area (Å²) in [5, 5.41) is 20.7. The second-order valence-corrected chi connectivity index (χ2v) is 3.61. The third-order valence-electron chi connectivity index (χ3n) is 2.34. The molecule has 0 saturated carbocycles. The Labute approximate surface area is 90.5 Å². The van der Waals surface area contributed by atoms with Crippen LogP contribution in [-0.2, 0) is 0 Å². The summed E-state index contributed by atoms with van der Waals surface area (Å²) >= 11 is 0. The molecule has 0 aromatic heterocycles. The van der Waals surface area contributed by atoms with Crippen LogP contribution in [0.3, 0.4) is 0 Å². The maximum Gasteiger partial charge on any atom is 0.444 e. The molecule has 88 valence electrons. The van der Waals surface area contributed by atoms with E-state index in [9.17, 15) is 13.9 Å². The first-order valence-electron chi connectivity index (χ1n) is 4.74. The summed E-state index contributed by atoms with van der Waals surface area (Å²) in [6, 6.07) is 4.55. The molecule has 2 rings (SSSR count). The predicted molar refractivity (Wildman–Crippen MR) is 52.3 cm³/mol. The Kier molecular flexibility index (Phi) is 2.47. The maximum atomic E-state index is 13.1. The van der Waals surface area contributed by atoms with E-state index in [2.05, 4.69) is 10.1 Å². The number of aliphatic hydroxyl groups excluding tert-OH is 2. The average Bonchev–Trinajstić information content (AvgIpc) is 2.18. The van der Waals surface area contributed by atoms with Crippen LogP contribution in [0.1, 0.15) is 18.6 Å². The molecule has 1 aromatic carbocycles. The second-order valence-electron chi connectivity index (χ2n) is 3.61. The summed E-state index contributed by atoms with van der Waals surface area (Å²) in [5.74, 6) is -0.132. The largest absolute Gasteiger partial charge is 0.444 e. The summed E-state index contributed by atoms with van der Waals surface area (Å²) in [6.07, 6.45) is -6.73. The zero-order valence-electron chi connectivity index (χ0n) is 8.45. The molecule has 1 heterocycles. The molecule has 2 atom stereocenters. The van der Waals surface area contributed by atoms with Gasteiger partial charge in [-0.1, -0.05) is 12.1 Å². The van der Waals surface area contributed by atoms with Crippen LogP contribution < -0.4 is 10.1 Å². The lowest BCUT2D eigenvalue weighted by atomic mass is 10.1. The standard InChI is InChI=1S/C10H11F2NO3/c1-5(14)6-3-2-4-7-8(6)16-10(11,12)9(15)13-7/h2-5,9,13-15H,1H3. The van der Waals surface area contributed by atoms with Crippen LogP contribution in [0.25, 0.3) is 0 Å². The minimum absolute atomic E-state index is 0.132. The van der Waals surface area contributed by atoms with Crippen molar-refractivity contribution >= 4 is 5.69 Å². The fraction of sp³-hybridized carbons (Fsp3) is 0.400. The topological polar surface area (TPSA) is 61.7 Å². The molecule has 0 radical (unpaired) electrons. The number of hydrogen-bond acceptors (Lipinski definition) is 4. The van der Waals surface area contributed by atoms with E-state index in [-0.39, 0.29) is 17.0 Å². The number of ether oxygens (including phenoxy) is 1. The maximum absolute atomic E-state index is 13.1. The Bertz CT molecular complexity index is 409. The lowest BCUT2D eigenvalue weighted by Gasteiger charge is -2.32. The predicted octanol–water partition coefficient (Wildman–Crippen LogP) is 1.46. The van der Waals surface area contributed by atoms with Crippen molar-refractivity contribution in [3.8, 4) is 5.75 Å². The molecule has 1 aliphatic heterocycles. The van der Waals surface area contributed by atoms with E-state index in [1.807, 2.05) is 0 Å². The minimum atomic E-state index is -3.71. The van der Waals surface area contributed by atoms with Gasteiger partial charge in [0.05, 0.1) is 11.8 Å². The van der Waals surface area contributed by atoms with E-state index in [0.717, 1.165) is 0 Å². The van der Waals surface area contributed by atoms with Gasteiger partial charge in [0.25, 0.3) is 0 Å². The highest BCUT2D eigenvalue weighted by molar-refractivity contribution is 5.62. The first-order valence-corrected chi connectivity index (χ1v) is 4.74. The van der Waals surface area contributed by atoms with Gasteiger partial charge < -0.3 is 20.3 Å². The average molecular weight is 231 g/mol. The molecule has 0 aliphatic carbocycles.